The normalized spacial score (nSPS) is 20.1. The molecular formula is C17H17Cl2N3OS. The van der Waals surface area contributed by atoms with E-state index in [1.54, 1.807) is 29.5 Å². The molecule has 0 fully saturated rings. The first-order valence-corrected chi connectivity index (χ1v) is 9.54. The standard InChI is InChI=1S/C17H17Cl2N3OS/c1-2-22-7-6-9-12(8-22)24-17-13(9)16(23)20-15(21-17)14-10(18)4-3-5-11(14)19/h3-5,15,21H,2,6-8H2,1H3,(H,20,23). The summed E-state index contributed by atoms with van der Waals surface area (Å²) in [6.45, 7) is 5.11. The lowest BCUT2D eigenvalue weighted by Gasteiger charge is -2.28. The van der Waals surface area contributed by atoms with Gasteiger partial charge in [0.1, 0.15) is 11.2 Å². The third-order valence-electron chi connectivity index (χ3n) is 4.65. The molecule has 0 aliphatic carbocycles. The van der Waals surface area contributed by atoms with Crippen molar-refractivity contribution in [1.82, 2.24) is 10.2 Å². The maximum atomic E-state index is 12.7. The van der Waals surface area contributed by atoms with Crippen LogP contribution in [0.5, 0.6) is 0 Å². The van der Waals surface area contributed by atoms with Crippen LogP contribution in [0, 0.1) is 0 Å². The number of carbonyl (C=O) groups is 1. The molecular weight excluding hydrogens is 365 g/mol. The molecule has 2 aliphatic heterocycles. The Labute approximate surface area is 154 Å². The van der Waals surface area contributed by atoms with Gasteiger partial charge in [0.25, 0.3) is 5.91 Å². The molecule has 2 aromatic rings. The average molecular weight is 382 g/mol. The molecule has 2 N–H and O–H groups in total. The average Bonchev–Trinajstić information content (AvgIpc) is 2.92. The molecule has 1 unspecified atom stereocenters. The Hall–Kier alpha value is -1.27. The molecule has 1 aromatic carbocycles. The summed E-state index contributed by atoms with van der Waals surface area (Å²) in [6.07, 6.45) is 0.510. The first-order chi connectivity index (χ1) is 11.6. The number of likely N-dealkylation sites (N-methyl/N-ethyl adjacent to an activating group) is 1. The molecule has 4 rings (SSSR count). The van der Waals surface area contributed by atoms with E-state index in [9.17, 15) is 4.79 Å². The molecule has 0 spiro atoms. The highest BCUT2D eigenvalue weighted by atomic mass is 35.5. The van der Waals surface area contributed by atoms with Gasteiger partial charge in [-0.05, 0) is 30.7 Å². The number of fused-ring (bicyclic) bond motifs is 3. The maximum Gasteiger partial charge on any atom is 0.256 e. The van der Waals surface area contributed by atoms with Crippen LogP contribution < -0.4 is 10.6 Å². The number of amides is 1. The van der Waals surface area contributed by atoms with Gasteiger partial charge in [0.2, 0.25) is 0 Å². The summed E-state index contributed by atoms with van der Waals surface area (Å²) in [5.41, 5.74) is 2.69. The van der Waals surface area contributed by atoms with Crippen molar-refractivity contribution >= 4 is 45.4 Å². The van der Waals surface area contributed by atoms with Crippen molar-refractivity contribution in [3.8, 4) is 0 Å². The predicted octanol–water partition coefficient (Wildman–Crippen LogP) is 4.29. The van der Waals surface area contributed by atoms with E-state index in [0.29, 0.717) is 15.6 Å². The molecule has 0 saturated carbocycles. The molecule has 1 aromatic heterocycles. The molecule has 4 nitrogen and oxygen atoms in total. The molecule has 2 aliphatic rings. The second kappa shape index (κ2) is 6.23. The number of thiophene rings is 1. The number of benzene rings is 1. The zero-order chi connectivity index (χ0) is 16.8. The first-order valence-electron chi connectivity index (χ1n) is 7.96. The van der Waals surface area contributed by atoms with Crippen LogP contribution in [-0.4, -0.2) is 23.9 Å². The Morgan fingerprint density at radius 2 is 2.04 bits per heavy atom. The molecule has 3 heterocycles. The van der Waals surface area contributed by atoms with Crippen LogP contribution in [0.4, 0.5) is 5.00 Å². The van der Waals surface area contributed by atoms with Crippen molar-refractivity contribution in [2.45, 2.75) is 26.1 Å². The number of nitrogens with one attached hydrogen (secondary N) is 2. The molecule has 24 heavy (non-hydrogen) atoms. The summed E-state index contributed by atoms with van der Waals surface area (Å²) in [5, 5.41) is 8.43. The summed E-state index contributed by atoms with van der Waals surface area (Å²) in [7, 11) is 0. The molecule has 126 valence electrons. The monoisotopic (exact) mass is 381 g/mol. The van der Waals surface area contributed by atoms with Gasteiger partial charge in [0, 0.05) is 33.6 Å². The van der Waals surface area contributed by atoms with E-state index in [1.807, 2.05) is 0 Å². The summed E-state index contributed by atoms with van der Waals surface area (Å²) in [6, 6.07) is 5.36. The van der Waals surface area contributed by atoms with Gasteiger partial charge in [-0.3, -0.25) is 9.69 Å². The van der Waals surface area contributed by atoms with Crippen LogP contribution in [-0.2, 0) is 13.0 Å². The first kappa shape index (κ1) is 16.2. The highest BCUT2D eigenvalue weighted by Crippen LogP contribution is 2.42. The third kappa shape index (κ3) is 2.60. The Morgan fingerprint density at radius 1 is 1.29 bits per heavy atom. The number of hydrogen-bond acceptors (Lipinski definition) is 4. The van der Waals surface area contributed by atoms with Crippen molar-refractivity contribution in [2.75, 3.05) is 18.4 Å². The SMILES string of the molecule is CCN1CCc2c(sc3c2C(=O)NC(c2c(Cl)cccc2Cl)N3)C1. The van der Waals surface area contributed by atoms with Gasteiger partial charge >= 0.3 is 0 Å². The van der Waals surface area contributed by atoms with Gasteiger partial charge in [0.05, 0.1) is 5.56 Å². The Balaban J connectivity index is 1.71. The zero-order valence-electron chi connectivity index (χ0n) is 13.2. The van der Waals surface area contributed by atoms with E-state index in [-0.39, 0.29) is 5.91 Å². The van der Waals surface area contributed by atoms with E-state index in [2.05, 4.69) is 22.5 Å². The number of nitrogens with zero attached hydrogens (tertiary/aromatic N) is 1. The largest absolute Gasteiger partial charge is 0.353 e. The summed E-state index contributed by atoms with van der Waals surface area (Å²) < 4.78 is 0. The van der Waals surface area contributed by atoms with E-state index < -0.39 is 6.17 Å². The lowest BCUT2D eigenvalue weighted by molar-refractivity contribution is 0.0935. The van der Waals surface area contributed by atoms with Crippen molar-refractivity contribution in [1.29, 1.82) is 0 Å². The number of rotatable bonds is 2. The molecule has 0 radical (unpaired) electrons. The fraction of sp³-hybridized carbons (Fsp3) is 0.353. The maximum absolute atomic E-state index is 12.7. The van der Waals surface area contributed by atoms with Gasteiger partial charge in [0.15, 0.2) is 0 Å². The summed E-state index contributed by atoms with van der Waals surface area (Å²) in [4.78, 5) is 16.4. The van der Waals surface area contributed by atoms with Crippen molar-refractivity contribution in [2.24, 2.45) is 0 Å². The highest BCUT2D eigenvalue weighted by molar-refractivity contribution is 7.16. The van der Waals surface area contributed by atoms with Crippen LogP contribution in [0.2, 0.25) is 10.0 Å². The smallest absolute Gasteiger partial charge is 0.256 e. The predicted molar refractivity (Wildman–Crippen MR) is 99.3 cm³/mol. The zero-order valence-corrected chi connectivity index (χ0v) is 15.5. The van der Waals surface area contributed by atoms with Gasteiger partial charge in [-0.2, -0.15) is 0 Å². The van der Waals surface area contributed by atoms with Gasteiger partial charge < -0.3 is 10.6 Å². The quantitative estimate of drug-likeness (QED) is 0.815. The van der Waals surface area contributed by atoms with Crippen LogP contribution in [0.25, 0.3) is 0 Å². The van der Waals surface area contributed by atoms with Gasteiger partial charge in [-0.25, -0.2) is 0 Å². The Kier molecular flexibility index (Phi) is 4.21. The number of halogens is 2. The topological polar surface area (TPSA) is 44.4 Å². The molecule has 1 atom stereocenters. The van der Waals surface area contributed by atoms with Crippen LogP contribution in [0.3, 0.4) is 0 Å². The minimum atomic E-state index is -0.409. The number of carbonyl (C=O) groups excluding carboxylic acids is 1. The Morgan fingerprint density at radius 3 is 2.75 bits per heavy atom. The lowest BCUT2D eigenvalue weighted by Crippen LogP contribution is -2.39. The Bertz CT molecular complexity index is 800. The van der Waals surface area contributed by atoms with Gasteiger partial charge in [-0.1, -0.05) is 36.2 Å². The van der Waals surface area contributed by atoms with Crippen molar-refractivity contribution < 1.29 is 4.79 Å². The lowest BCUT2D eigenvalue weighted by atomic mass is 10.0. The number of anilines is 1. The second-order valence-electron chi connectivity index (χ2n) is 6.01. The minimum absolute atomic E-state index is 0.0489. The second-order valence-corrected chi connectivity index (χ2v) is 7.93. The fourth-order valence-corrected chi connectivity index (χ4v) is 5.30. The molecule has 0 bridgehead atoms. The van der Waals surface area contributed by atoms with Crippen LogP contribution >= 0.6 is 34.5 Å². The summed E-state index contributed by atoms with van der Waals surface area (Å²) >= 11 is 14.3. The molecule has 1 amide bonds. The van der Waals surface area contributed by atoms with E-state index in [1.165, 1.54) is 10.4 Å². The minimum Gasteiger partial charge on any atom is -0.353 e. The summed E-state index contributed by atoms with van der Waals surface area (Å²) in [5.74, 6) is -0.0489. The van der Waals surface area contributed by atoms with Gasteiger partial charge in [-0.15, -0.1) is 11.3 Å². The van der Waals surface area contributed by atoms with Crippen molar-refractivity contribution in [3.05, 3.63) is 49.8 Å². The van der Waals surface area contributed by atoms with E-state index in [4.69, 9.17) is 23.2 Å². The third-order valence-corrected chi connectivity index (χ3v) is 6.46. The molecule has 0 saturated heterocycles. The van der Waals surface area contributed by atoms with E-state index in [0.717, 1.165) is 36.6 Å². The molecule has 7 heteroatoms. The number of hydrogen-bond donors (Lipinski definition) is 2. The van der Waals surface area contributed by atoms with Crippen molar-refractivity contribution in [3.63, 3.8) is 0 Å². The van der Waals surface area contributed by atoms with Crippen LogP contribution in [0.1, 0.15) is 39.5 Å². The van der Waals surface area contributed by atoms with E-state index >= 15 is 0 Å². The highest BCUT2D eigenvalue weighted by Gasteiger charge is 2.34. The van der Waals surface area contributed by atoms with Crippen LogP contribution in [0.15, 0.2) is 18.2 Å². The fourth-order valence-electron chi connectivity index (χ4n) is 3.37.